The Morgan fingerprint density at radius 2 is 2.21 bits per heavy atom. The third kappa shape index (κ3) is 4.12. The first-order chi connectivity index (χ1) is 11.7. The fourth-order valence-corrected chi connectivity index (χ4v) is 3.89. The summed E-state index contributed by atoms with van der Waals surface area (Å²) in [4.78, 5) is 24.8. The van der Waals surface area contributed by atoms with Crippen molar-refractivity contribution in [1.29, 1.82) is 0 Å². The summed E-state index contributed by atoms with van der Waals surface area (Å²) >= 11 is 2.88. The minimum absolute atomic E-state index is 0.0501. The molecular weight excluding hydrogens is 344 g/mol. The van der Waals surface area contributed by atoms with Crippen LogP contribution in [-0.4, -0.2) is 27.8 Å². The lowest BCUT2D eigenvalue weighted by molar-refractivity contribution is -0.113. The monoisotopic (exact) mass is 362 g/mol. The van der Waals surface area contributed by atoms with E-state index in [1.165, 1.54) is 29.5 Å². The molecule has 24 heavy (non-hydrogen) atoms. The van der Waals surface area contributed by atoms with Gasteiger partial charge in [0, 0.05) is 16.9 Å². The van der Waals surface area contributed by atoms with E-state index in [9.17, 15) is 9.59 Å². The van der Waals surface area contributed by atoms with Crippen molar-refractivity contribution in [2.45, 2.75) is 37.5 Å². The molecule has 1 aliphatic rings. The summed E-state index contributed by atoms with van der Waals surface area (Å²) in [7, 11) is 0. The van der Waals surface area contributed by atoms with E-state index in [1.54, 1.807) is 12.1 Å². The van der Waals surface area contributed by atoms with E-state index in [0.717, 1.165) is 29.2 Å². The number of hydrogen-bond acceptors (Lipinski definition) is 6. The van der Waals surface area contributed by atoms with Crippen molar-refractivity contribution in [3.8, 4) is 0 Å². The number of fused-ring (bicyclic) bond motifs is 1. The molecule has 2 aromatic rings. The Labute approximate surface area is 148 Å². The molecule has 0 saturated heterocycles. The smallest absolute Gasteiger partial charge is 0.257 e. The number of carbonyl (C=O) groups excluding carboxylic acids is 2. The average Bonchev–Trinajstić information content (AvgIpc) is 3.01. The van der Waals surface area contributed by atoms with Gasteiger partial charge in [0.25, 0.3) is 5.91 Å². The number of thioether (sulfide) groups is 1. The van der Waals surface area contributed by atoms with Crippen LogP contribution in [0.15, 0.2) is 23.1 Å². The molecule has 2 amide bonds. The van der Waals surface area contributed by atoms with Crippen LogP contribution in [0.25, 0.3) is 0 Å². The second-order valence-electron chi connectivity index (χ2n) is 5.46. The van der Waals surface area contributed by atoms with Crippen LogP contribution in [0.4, 0.5) is 10.8 Å². The summed E-state index contributed by atoms with van der Waals surface area (Å²) in [6.45, 7) is 2.16. The molecule has 0 unspecified atom stereocenters. The third-order valence-corrected chi connectivity index (χ3v) is 5.53. The van der Waals surface area contributed by atoms with Gasteiger partial charge in [0.05, 0.1) is 11.4 Å². The Bertz CT molecular complexity index is 760. The van der Waals surface area contributed by atoms with E-state index in [4.69, 9.17) is 0 Å². The van der Waals surface area contributed by atoms with Crippen LogP contribution < -0.4 is 10.6 Å². The molecule has 3 rings (SSSR count). The fourth-order valence-electron chi connectivity index (χ4n) is 2.33. The number of aromatic nitrogens is 2. The molecule has 1 aromatic heterocycles. The van der Waals surface area contributed by atoms with Gasteiger partial charge in [-0.05, 0) is 24.6 Å². The average molecular weight is 362 g/mol. The van der Waals surface area contributed by atoms with Crippen molar-refractivity contribution in [3.05, 3.63) is 28.8 Å². The van der Waals surface area contributed by atoms with Crippen LogP contribution >= 0.6 is 23.1 Å². The largest absolute Gasteiger partial charge is 0.324 e. The van der Waals surface area contributed by atoms with E-state index in [2.05, 4.69) is 27.8 Å². The van der Waals surface area contributed by atoms with Gasteiger partial charge in [0.15, 0.2) is 0 Å². The van der Waals surface area contributed by atoms with Gasteiger partial charge in [0.1, 0.15) is 5.01 Å². The maximum atomic E-state index is 12.4. The second-order valence-corrected chi connectivity index (χ2v) is 7.54. The molecule has 0 bridgehead atoms. The third-order valence-electron chi connectivity index (χ3n) is 3.56. The van der Waals surface area contributed by atoms with Crippen molar-refractivity contribution in [2.24, 2.45) is 0 Å². The first kappa shape index (κ1) is 16.9. The molecule has 1 aliphatic heterocycles. The summed E-state index contributed by atoms with van der Waals surface area (Å²) in [6, 6.07) is 5.30. The molecule has 1 aromatic carbocycles. The molecule has 2 N–H and O–H groups in total. The summed E-state index contributed by atoms with van der Waals surface area (Å²) in [6.07, 6.45) is 4.31. The molecule has 0 atom stereocenters. The number of unbranched alkanes of at least 4 members (excludes halogenated alkanes) is 2. The van der Waals surface area contributed by atoms with Crippen molar-refractivity contribution >= 4 is 45.7 Å². The molecule has 0 saturated carbocycles. The van der Waals surface area contributed by atoms with Gasteiger partial charge in [-0.15, -0.1) is 22.0 Å². The first-order valence-electron chi connectivity index (χ1n) is 7.86. The van der Waals surface area contributed by atoms with E-state index >= 15 is 0 Å². The SMILES string of the molecule is CCCCCc1nnc(NC(=O)c2ccc3c(c2)NC(=O)CS3)s1. The van der Waals surface area contributed by atoms with Gasteiger partial charge in [-0.2, -0.15) is 0 Å². The zero-order valence-electron chi connectivity index (χ0n) is 13.3. The summed E-state index contributed by atoms with van der Waals surface area (Å²) < 4.78 is 0. The van der Waals surface area contributed by atoms with Crippen molar-refractivity contribution in [3.63, 3.8) is 0 Å². The van der Waals surface area contributed by atoms with E-state index in [-0.39, 0.29) is 11.8 Å². The lowest BCUT2D eigenvalue weighted by atomic mass is 10.2. The minimum atomic E-state index is -0.251. The fraction of sp³-hybridized carbons (Fsp3) is 0.375. The molecule has 0 spiro atoms. The summed E-state index contributed by atoms with van der Waals surface area (Å²) in [5.41, 5.74) is 1.17. The quantitative estimate of drug-likeness (QED) is 0.768. The predicted molar refractivity (Wildman–Crippen MR) is 96.9 cm³/mol. The van der Waals surface area contributed by atoms with Gasteiger partial charge in [-0.1, -0.05) is 31.1 Å². The number of hydrogen-bond donors (Lipinski definition) is 2. The molecule has 126 valence electrons. The Morgan fingerprint density at radius 1 is 1.33 bits per heavy atom. The van der Waals surface area contributed by atoms with Crippen molar-refractivity contribution < 1.29 is 9.59 Å². The summed E-state index contributed by atoms with van der Waals surface area (Å²) in [5.74, 6) is 0.106. The van der Waals surface area contributed by atoms with Gasteiger partial charge in [-0.25, -0.2) is 0 Å². The second kappa shape index (κ2) is 7.76. The standard InChI is InChI=1S/C16H18N4O2S2/c1-2-3-4-5-14-19-20-16(24-14)18-15(22)10-6-7-12-11(8-10)17-13(21)9-23-12/h6-8H,2-5,9H2,1H3,(H,17,21)(H,18,20,22). The van der Waals surface area contributed by atoms with E-state index in [1.807, 2.05) is 6.07 Å². The first-order valence-corrected chi connectivity index (χ1v) is 9.66. The lowest BCUT2D eigenvalue weighted by Crippen LogP contribution is -2.19. The Morgan fingerprint density at radius 3 is 3.04 bits per heavy atom. The Kier molecular flexibility index (Phi) is 5.47. The molecule has 0 fully saturated rings. The zero-order valence-corrected chi connectivity index (χ0v) is 14.9. The molecular formula is C16H18N4O2S2. The molecule has 8 heteroatoms. The van der Waals surface area contributed by atoms with Gasteiger partial charge in [-0.3, -0.25) is 14.9 Å². The lowest BCUT2D eigenvalue weighted by Gasteiger charge is -2.16. The number of carbonyl (C=O) groups is 2. The predicted octanol–water partition coefficient (Wildman–Crippen LogP) is 3.57. The number of rotatable bonds is 6. The number of nitrogens with zero attached hydrogens (tertiary/aromatic N) is 2. The number of aryl methyl sites for hydroxylation is 1. The van der Waals surface area contributed by atoms with Crippen LogP contribution in [0.1, 0.15) is 41.6 Å². The maximum absolute atomic E-state index is 12.4. The maximum Gasteiger partial charge on any atom is 0.257 e. The molecule has 2 heterocycles. The number of anilines is 2. The van der Waals surface area contributed by atoms with E-state index < -0.39 is 0 Å². The number of amides is 2. The Balaban J connectivity index is 1.65. The minimum Gasteiger partial charge on any atom is -0.324 e. The van der Waals surface area contributed by atoms with E-state index in [0.29, 0.717) is 22.1 Å². The normalized spacial score (nSPS) is 13.3. The van der Waals surface area contributed by atoms with Crippen molar-refractivity contribution in [2.75, 3.05) is 16.4 Å². The van der Waals surface area contributed by atoms with Gasteiger partial charge < -0.3 is 5.32 Å². The zero-order chi connectivity index (χ0) is 16.9. The van der Waals surface area contributed by atoms with Crippen LogP contribution in [0.2, 0.25) is 0 Å². The molecule has 0 aliphatic carbocycles. The van der Waals surface area contributed by atoms with Crippen LogP contribution in [0, 0.1) is 0 Å². The van der Waals surface area contributed by atoms with Crippen molar-refractivity contribution in [1.82, 2.24) is 10.2 Å². The number of nitrogens with one attached hydrogen (secondary N) is 2. The highest BCUT2D eigenvalue weighted by Gasteiger charge is 2.18. The highest BCUT2D eigenvalue weighted by Crippen LogP contribution is 2.32. The van der Waals surface area contributed by atoms with Gasteiger partial charge >= 0.3 is 0 Å². The van der Waals surface area contributed by atoms with Crippen LogP contribution in [0.5, 0.6) is 0 Å². The molecule has 0 radical (unpaired) electrons. The van der Waals surface area contributed by atoms with Crippen LogP contribution in [-0.2, 0) is 11.2 Å². The van der Waals surface area contributed by atoms with Crippen LogP contribution in [0.3, 0.4) is 0 Å². The Hall–Kier alpha value is -1.93. The highest BCUT2D eigenvalue weighted by atomic mass is 32.2. The molecule has 6 nitrogen and oxygen atoms in total. The topological polar surface area (TPSA) is 84.0 Å². The highest BCUT2D eigenvalue weighted by molar-refractivity contribution is 8.00. The summed E-state index contributed by atoms with van der Waals surface area (Å²) in [5, 5.41) is 15.1. The van der Waals surface area contributed by atoms with Gasteiger partial charge in [0.2, 0.25) is 11.0 Å². The number of benzene rings is 1.